The zero-order valence-electron chi connectivity index (χ0n) is 14.6. The van der Waals surface area contributed by atoms with Crippen molar-refractivity contribution in [3.8, 4) is 5.75 Å². The van der Waals surface area contributed by atoms with Gasteiger partial charge >= 0.3 is 0 Å². The highest BCUT2D eigenvalue weighted by molar-refractivity contribution is 7.91. The van der Waals surface area contributed by atoms with Crippen LogP contribution in [0.15, 0.2) is 46.7 Å². The number of benzene rings is 1. The second-order valence-corrected chi connectivity index (χ2v) is 9.50. The van der Waals surface area contributed by atoms with Crippen molar-refractivity contribution in [2.45, 2.75) is 30.0 Å². The Morgan fingerprint density at radius 2 is 2.04 bits per heavy atom. The average Bonchev–Trinajstić information content (AvgIpc) is 3.29. The molecule has 1 aliphatic rings. The van der Waals surface area contributed by atoms with Crippen molar-refractivity contribution in [1.29, 1.82) is 0 Å². The lowest BCUT2D eigenvalue weighted by molar-refractivity contribution is -0.124. The van der Waals surface area contributed by atoms with E-state index in [-0.39, 0.29) is 5.91 Å². The molecule has 0 spiro atoms. The fourth-order valence-corrected chi connectivity index (χ4v) is 6.00. The predicted octanol–water partition coefficient (Wildman–Crippen LogP) is 2.40. The first-order valence-corrected chi connectivity index (χ1v) is 10.8. The van der Waals surface area contributed by atoms with Gasteiger partial charge in [-0.25, -0.2) is 8.42 Å². The molecular formula is C18H22N2O4S2. The largest absolute Gasteiger partial charge is 0.492 e. The molecule has 26 heavy (non-hydrogen) atoms. The lowest BCUT2D eigenvalue weighted by Gasteiger charge is -2.22. The summed E-state index contributed by atoms with van der Waals surface area (Å²) < 4.78 is 32.8. The van der Waals surface area contributed by atoms with Gasteiger partial charge in [0.25, 0.3) is 10.0 Å². The van der Waals surface area contributed by atoms with Crippen LogP contribution in [0.4, 0.5) is 0 Å². The lowest BCUT2D eigenvalue weighted by atomic mass is 10.2. The standard InChI is InChI=1S/C18H22N2O4S2/c1-14-9-10-17(25-14)26(22,23)20-12-5-8-16(20)18(21)19-11-13-24-15-6-3-2-4-7-15/h2-4,6-7,9-10,16H,5,8,11-13H2,1H3,(H,19,21). The molecule has 0 aliphatic carbocycles. The monoisotopic (exact) mass is 394 g/mol. The number of hydrogen-bond donors (Lipinski definition) is 1. The highest BCUT2D eigenvalue weighted by Gasteiger charge is 2.39. The molecule has 1 N–H and O–H groups in total. The van der Waals surface area contributed by atoms with Gasteiger partial charge in [-0.2, -0.15) is 4.31 Å². The van der Waals surface area contributed by atoms with Crippen LogP contribution < -0.4 is 10.1 Å². The molecule has 1 amide bonds. The van der Waals surface area contributed by atoms with E-state index in [0.717, 1.165) is 10.6 Å². The summed E-state index contributed by atoms with van der Waals surface area (Å²) in [5, 5.41) is 2.79. The van der Waals surface area contributed by atoms with E-state index in [0.29, 0.717) is 36.7 Å². The second kappa shape index (κ2) is 8.20. The van der Waals surface area contributed by atoms with E-state index in [1.165, 1.54) is 15.6 Å². The Morgan fingerprint density at radius 3 is 2.73 bits per heavy atom. The van der Waals surface area contributed by atoms with Crippen molar-refractivity contribution < 1.29 is 17.9 Å². The van der Waals surface area contributed by atoms with E-state index in [4.69, 9.17) is 4.74 Å². The average molecular weight is 395 g/mol. The van der Waals surface area contributed by atoms with Crippen molar-refractivity contribution in [3.05, 3.63) is 47.3 Å². The third kappa shape index (κ3) is 4.25. The van der Waals surface area contributed by atoms with Crippen molar-refractivity contribution in [2.75, 3.05) is 19.7 Å². The number of aryl methyl sites for hydroxylation is 1. The number of nitrogens with zero attached hydrogens (tertiary/aromatic N) is 1. The molecule has 140 valence electrons. The number of carbonyl (C=O) groups is 1. The van der Waals surface area contributed by atoms with Crippen LogP contribution in [0.5, 0.6) is 5.75 Å². The molecule has 6 nitrogen and oxygen atoms in total. The first-order valence-electron chi connectivity index (χ1n) is 8.52. The van der Waals surface area contributed by atoms with Gasteiger partial charge in [-0.3, -0.25) is 4.79 Å². The molecule has 1 aliphatic heterocycles. The summed E-state index contributed by atoms with van der Waals surface area (Å²) in [7, 11) is -3.63. The van der Waals surface area contributed by atoms with E-state index < -0.39 is 16.1 Å². The summed E-state index contributed by atoms with van der Waals surface area (Å²) in [6, 6.07) is 12.1. The lowest BCUT2D eigenvalue weighted by Crippen LogP contribution is -2.46. The fourth-order valence-electron chi connectivity index (χ4n) is 2.93. The molecule has 0 bridgehead atoms. The van der Waals surface area contributed by atoms with Gasteiger partial charge in [0.1, 0.15) is 22.6 Å². The Morgan fingerprint density at radius 1 is 1.27 bits per heavy atom. The van der Waals surface area contributed by atoms with Crippen LogP contribution in [0.3, 0.4) is 0 Å². The second-order valence-electron chi connectivity index (χ2n) is 6.09. The normalized spacial score (nSPS) is 18.0. The molecule has 2 aromatic rings. The van der Waals surface area contributed by atoms with E-state index in [2.05, 4.69) is 5.32 Å². The number of rotatable bonds is 7. The molecule has 1 saturated heterocycles. The minimum absolute atomic E-state index is 0.268. The van der Waals surface area contributed by atoms with Crippen molar-refractivity contribution in [1.82, 2.24) is 9.62 Å². The third-order valence-electron chi connectivity index (χ3n) is 4.20. The molecule has 1 fully saturated rings. The number of ether oxygens (including phenoxy) is 1. The smallest absolute Gasteiger partial charge is 0.253 e. The molecule has 0 radical (unpaired) electrons. The Bertz CT molecular complexity index is 849. The minimum Gasteiger partial charge on any atom is -0.492 e. The first kappa shape index (κ1) is 18.9. The van der Waals surface area contributed by atoms with Gasteiger partial charge in [0, 0.05) is 11.4 Å². The predicted molar refractivity (Wildman–Crippen MR) is 101 cm³/mol. The minimum atomic E-state index is -3.63. The van der Waals surface area contributed by atoms with Gasteiger partial charge in [0.15, 0.2) is 0 Å². The van der Waals surface area contributed by atoms with Crippen molar-refractivity contribution in [3.63, 3.8) is 0 Å². The van der Waals surface area contributed by atoms with E-state index >= 15 is 0 Å². The summed E-state index contributed by atoms with van der Waals surface area (Å²) in [6.07, 6.45) is 1.22. The highest BCUT2D eigenvalue weighted by atomic mass is 32.2. The number of hydrogen-bond acceptors (Lipinski definition) is 5. The number of nitrogens with one attached hydrogen (secondary N) is 1. The zero-order chi connectivity index (χ0) is 18.6. The molecule has 1 unspecified atom stereocenters. The summed E-state index contributed by atoms with van der Waals surface area (Å²) in [5.41, 5.74) is 0. The summed E-state index contributed by atoms with van der Waals surface area (Å²) in [4.78, 5) is 13.4. The van der Waals surface area contributed by atoms with Gasteiger partial charge < -0.3 is 10.1 Å². The molecule has 2 heterocycles. The Balaban J connectivity index is 1.56. The molecule has 8 heteroatoms. The quantitative estimate of drug-likeness (QED) is 0.732. The maximum atomic E-state index is 12.8. The maximum absolute atomic E-state index is 12.8. The van der Waals surface area contributed by atoms with Crippen LogP contribution in [-0.4, -0.2) is 44.4 Å². The van der Waals surface area contributed by atoms with Crippen LogP contribution in [0, 0.1) is 6.92 Å². The van der Waals surface area contributed by atoms with Crippen LogP contribution in [-0.2, 0) is 14.8 Å². The number of sulfonamides is 1. The van der Waals surface area contributed by atoms with Crippen molar-refractivity contribution in [2.24, 2.45) is 0 Å². The van der Waals surface area contributed by atoms with E-state index in [9.17, 15) is 13.2 Å². The summed E-state index contributed by atoms with van der Waals surface area (Å²) in [6.45, 7) is 2.90. The molecule has 0 saturated carbocycles. The van der Waals surface area contributed by atoms with E-state index in [1.807, 2.05) is 37.3 Å². The number of carbonyl (C=O) groups excluding carboxylic acids is 1. The van der Waals surface area contributed by atoms with Gasteiger partial charge in [0.05, 0.1) is 6.54 Å². The van der Waals surface area contributed by atoms with Crippen molar-refractivity contribution >= 4 is 27.3 Å². The van der Waals surface area contributed by atoms with Crippen LogP contribution >= 0.6 is 11.3 Å². The highest BCUT2D eigenvalue weighted by Crippen LogP contribution is 2.30. The molecule has 1 atom stereocenters. The van der Waals surface area contributed by atoms with Crippen LogP contribution in [0.25, 0.3) is 0 Å². The molecular weight excluding hydrogens is 372 g/mol. The van der Waals surface area contributed by atoms with Crippen LogP contribution in [0.1, 0.15) is 17.7 Å². The topological polar surface area (TPSA) is 75.7 Å². The van der Waals surface area contributed by atoms with Gasteiger partial charge in [-0.1, -0.05) is 18.2 Å². The SMILES string of the molecule is Cc1ccc(S(=O)(=O)N2CCCC2C(=O)NCCOc2ccccc2)s1. The molecule has 1 aromatic heterocycles. The Hall–Kier alpha value is -1.90. The first-order chi connectivity index (χ1) is 12.5. The fraction of sp³-hybridized carbons (Fsp3) is 0.389. The summed E-state index contributed by atoms with van der Waals surface area (Å²) >= 11 is 1.23. The number of para-hydroxylation sites is 1. The number of thiophene rings is 1. The Kier molecular flexibility index (Phi) is 5.95. The summed E-state index contributed by atoms with van der Waals surface area (Å²) in [5.74, 6) is 0.468. The van der Waals surface area contributed by atoms with E-state index in [1.54, 1.807) is 12.1 Å². The van der Waals surface area contributed by atoms with Gasteiger partial charge in [0.2, 0.25) is 5.91 Å². The zero-order valence-corrected chi connectivity index (χ0v) is 16.2. The van der Waals surface area contributed by atoms with Crippen LogP contribution in [0.2, 0.25) is 0 Å². The third-order valence-corrected chi connectivity index (χ3v) is 7.57. The number of amides is 1. The maximum Gasteiger partial charge on any atom is 0.253 e. The van der Waals surface area contributed by atoms with Gasteiger partial charge in [-0.15, -0.1) is 11.3 Å². The van der Waals surface area contributed by atoms with Gasteiger partial charge in [-0.05, 0) is 44.0 Å². The molecule has 1 aromatic carbocycles. The Labute approximate surface area is 157 Å². The molecule has 3 rings (SSSR count).